The van der Waals surface area contributed by atoms with Crippen molar-refractivity contribution in [3.63, 3.8) is 0 Å². The first-order valence-electron chi connectivity index (χ1n) is 22.0. The second-order valence-corrected chi connectivity index (χ2v) is 16.9. The molecular weight excluding hydrogens is 777 g/mol. The molecule has 0 atom stereocenters. The van der Waals surface area contributed by atoms with Crippen molar-refractivity contribution in [3.05, 3.63) is 231 Å². The van der Waals surface area contributed by atoms with Gasteiger partial charge in [0, 0.05) is 65.8 Å². The minimum atomic E-state index is 1.13. The first kappa shape index (κ1) is 35.0. The van der Waals surface area contributed by atoms with Crippen molar-refractivity contribution < 1.29 is 0 Å². The van der Waals surface area contributed by atoms with E-state index in [1.807, 2.05) is 0 Å². The molecule has 14 aromatic rings. The maximum Gasteiger partial charge on any atom is 0.0562 e. The lowest BCUT2D eigenvalue weighted by molar-refractivity contribution is 1.14. The Bertz CT molecular complexity index is 4050. The lowest BCUT2D eigenvalue weighted by Crippen LogP contribution is -1.98. The molecule has 298 valence electrons. The van der Waals surface area contributed by atoms with E-state index in [2.05, 4.69) is 249 Å². The van der Waals surface area contributed by atoms with Crippen LogP contribution in [-0.4, -0.2) is 18.3 Å². The Morgan fingerprint density at radius 1 is 0.172 bits per heavy atom. The summed E-state index contributed by atoms with van der Waals surface area (Å²) >= 11 is 0. The van der Waals surface area contributed by atoms with Gasteiger partial charge in [-0.15, -0.1) is 0 Å². The van der Waals surface area contributed by atoms with Crippen molar-refractivity contribution in [1.82, 2.24) is 18.3 Å². The average molecular weight is 815 g/mol. The number of aromatic nitrogens is 4. The van der Waals surface area contributed by atoms with E-state index < -0.39 is 0 Å². The third-order valence-electron chi connectivity index (χ3n) is 13.6. The zero-order chi connectivity index (χ0) is 41.9. The fourth-order valence-corrected chi connectivity index (χ4v) is 10.7. The van der Waals surface area contributed by atoms with Gasteiger partial charge in [-0.05, 0) is 108 Å². The second kappa shape index (κ2) is 13.4. The third-order valence-corrected chi connectivity index (χ3v) is 13.6. The number of benzene rings is 10. The third kappa shape index (κ3) is 4.99. The predicted octanol–water partition coefficient (Wildman–Crippen LogP) is 15.7. The SMILES string of the molecule is c1ccc2c(c1)c1ccccc1n2-c1ccc(-c2ccc(-n3c4ccccc4c4cc5c6ccccc6n(-c6ccc(-n7c8ccccc8c8ccccc87)cc6)c5cc43)cc2)cc1. The van der Waals surface area contributed by atoms with Crippen LogP contribution in [0.5, 0.6) is 0 Å². The molecule has 0 amide bonds. The molecular formula is C60H38N4. The van der Waals surface area contributed by atoms with E-state index in [4.69, 9.17) is 0 Å². The molecule has 0 N–H and O–H groups in total. The highest BCUT2D eigenvalue weighted by molar-refractivity contribution is 6.19. The van der Waals surface area contributed by atoms with Gasteiger partial charge in [-0.25, -0.2) is 0 Å². The number of fused-ring (bicyclic) bond motifs is 12. The van der Waals surface area contributed by atoms with Gasteiger partial charge in [-0.3, -0.25) is 0 Å². The molecule has 0 radical (unpaired) electrons. The van der Waals surface area contributed by atoms with E-state index in [1.54, 1.807) is 0 Å². The smallest absolute Gasteiger partial charge is 0.0562 e. The van der Waals surface area contributed by atoms with Crippen LogP contribution in [0.4, 0.5) is 0 Å². The molecule has 0 saturated carbocycles. The molecule has 14 rings (SSSR count). The minimum Gasteiger partial charge on any atom is -0.309 e. The van der Waals surface area contributed by atoms with Crippen LogP contribution >= 0.6 is 0 Å². The summed E-state index contributed by atoms with van der Waals surface area (Å²) in [5.41, 5.74) is 16.6. The van der Waals surface area contributed by atoms with Crippen molar-refractivity contribution in [2.45, 2.75) is 0 Å². The summed E-state index contributed by atoms with van der Waals surface area (Å²) in [6, 6.07) is 84.4. The van der Waals surface area contributed by atoms with E-state index in [0.29, 0.717) is 0 Å². The van der Waals surface area contributed by atoms with Crippen LogP contribution in [0.2, 0.25) is 0 Å². The van der Waals surface area contributed by atoms with Crippen LogP contribution in [0.1, 0.15) is 0 Å². The average Bonchev–Trinajstić information content (AvgIpc) is 4.08. The zero-order valence-corrected chi connectivity index (χ0v) is 34.7. The topological polar surface area (TPSA) is 19.7 Å². The highest BCUT2D eigenvalue weighted by Gasteiger charge is 2.20. The van der Waals surface area contributed by atoms with E-state index >= 15 is 0 Å². The Labute approximate surface area is 368 Å². The van der Waals surface area contributed by atoms with Crippen LogP contribution in [0.3, 0.4) is 0 Å². The zero-order valence-electron chi connectivity index (χ0n) is 34.7. The molecule has 0 saturated heterocycles. The van der Waals surface area contributed by atoms with Gasteiger partial charge in [-0.2, -0.15) is 0 Å². The van der Waals surface area contributed by atoms with E-state index in [0.717, 1.165) is 22.7 Å². The van der Waals surface area contributed by atoms with E-state index in [9.17, 15) is 0 Å². The Morgan fingerprint density at radius 2 is 0.391 bits per heavy atom. The fourth-order valence-electron chi connectivity index (χ4n) is 10.7. The fraction of sp³-hybridized carbons (Fsp3) is 0. The first-order chi connectivity index (χ1) is 31.8. The van der Waals surface area contributed by atoms with Gasteiger partial charge in [-0.1, -0.05) is 133 Å². The van der Waals surface area contributed by atoms with Crippen molar-refractivity contribution in [2.75, 3.05) is 0 Å². The second-order valence-electron chi connectivity index (χ2n) is 16.9. The molecule has 4 aromatic heterocycles. The van der Waals surface area contributed by atoms with Gasteiger partial charge in [0.15, 0.2) is 0 Å². The molecule has 0 aliphatic rings. The van der Waals surface area contributed by atoms with Gasteiger partial charge in [0.25, 0.3) is 0 Å². The van der Waals surface area contributed by atoms with Gasteiger partial charge >= 0.3 is 0 Å². The van der Waals surface area contributed by atoms with E-state index in [1.165, 1.54) is 98.4 Å². The lowest BCUT2D eigenvalue weighted by atomic mass is 10.0. The maximum atomic E-state index is 2.44. The molecule has 0 aliphatic carbocycles. The van der Waals surface area contributed by atoms with E-state index in [-0.39, 0.29) is 0 Å². The minimum absolute atomic E-state index is 1.13. The number of hydrogen-bond donors (Lipinski definition) is 0. The molecule has 64 heavy (non-hydrogen) atoms. The molecule has 4 nitrogen and oxygen atoms in total. The lowest BCUT2D eigenvalue weighted by Gasteiger charge is -2.13. The summed E-state index contributed by atoms with van der Waals surface area (Å²) in [4.78, 5) is 0. The Kier molecular flexibility index (Phi) is 7.36. The molecule has 0 fully saturated rings. The summed E-state index contributed by atoms with van der Waals surface area (Å²) in [6.07, 6.45) is 0. The van der Waals surface area contributed by atoms with Gasteiger partial charge in [0.05, 0.1) is 44.1 Å². The quantitative estimate of drug-likeness (QED) is 0.165. The highest BCUT2D eigenvalue weighted by Crippen LogP contribution is 2.41. The monoisotopic (exact) mass is 814 g/mol. The van der Waals surface area contributed by atoms with Gasteiger partial charge in [0.1, 0.15) is 0 Å². The van der Waals surface area contributed by atoms with Gasteiger partial charge in [0.2, 0.25) is 0 Å². The standard InChI is InChI=1S/C60H38N4/c1-7-19-53-45(13-1)46-14-2-8-20-54(46)61(53)41-29-25-39(26-30-41)40-27-31-42(32-28-40)63-57-23-11-5-17-49(57)51-37-52-50-18-6-12-24-58(50)64(60(52)38-59(51)63)44-35-33-43(34-36-44)62-55-21-9-3-15-47(55)48-16-4-10-22-56(48)62/h1-38H. The van der Waals surface area contributed by atoms with Crippen LogP contribution in [0, 0.1) is 0 Å². The Balaban J connectivity index is 0.885. The maximum absolute atomic E-state index is 2.44. The molecule has 4 heterocycles. The summed E-state index contributed by atoms with van der Waals surface area (Å²) < 4.78 is 9.63. The molecule has 4 heteroatoms. The number of nitrogens with zero attached hydrogens (tertiary/aromatic N) is 4. The summed E-state index contributed by atoms with van der Waals surface area (Å²) in [5, 5.41) is 10.1. The van der Waals surface area contributed by atoms with Gasteiger partial charge < -0.3 is 18.3 Å². The van der Waals surface area contributed by atoms with Crippen molar-refractivity contribution >= 4 is 87.2 Å². The van der Waals surface area contributed by atoms with Crippen molar-refractivity contribution in [2.24, 2.45) is 0 Å². The number of hydrogen-bond acceptors (Lipinski definition) is 0. The number of para-hydroxylation sites is 6. The summed E-state index contributed by atoms with van der Waals surface area (Å²) in [7, 11) is 0. The molecule has 0 aliphatic heterocycles. The Hall–Kier alpha value is -8.60. The molecule has 0 spiro atoms. The highest BCUT2D eigenvalue weighted by atomic mass is 15.0. The predicted molar refractivity (Wildman–Crippen MR) is 269 cm³/mol. The summed E-state index contributed by atoms with van der Waals surface area (Å²) in [6.45, 7) is 0. The molecule has 0 unspecified atom stereocenters. The van der Waals surface area contributed by atoms with Crippen LogP contribution in [0.15, 0.2) is 231 Å². The number of rotatable bonds is 5. The van der Waals surface area contributed by atoms with Crippen molar-refractivity contribution in [1.29, 1.82) is 0 Å². The summed E-state index contributed by atoms with van der Waals surface area (Å²) in [5.74, 6) is 0. The van der Waals surface area contributed by atoms with Crippen LogP contribution in [-0.2, 0) is 0 Å². The van der Waals surface area contributed by atoms with Crippen LogP contribution in [0.25, 0.3) is 121 Å². The Morgan fingerprint density at radius 3 is 0.672 bits per heavy atom. The largest absolute Gasteiger partial charge is 0.309 e. The first-order valence-corrected chi connectivity index (χ1v) is 22.0. The molecule has 10 aromatic carbocycles. The van der Waals surface area contributed by atoms with Crippen LogP contribution < -0.4 is 0 Å². The van der Waals surface area contributed by atoms with Crippen molar-refractivity contribution in [3.8, 4) is 33.9 Å². The normalized spacial score (nSPS) is 12.1. The molecule has 0 bridgehead atoms.